The molecule has 148 valence electrons. The van der Waals surface area contributed by atoms with Crippen LogP contribution in [-0.2, 0) is 16.1 Å². The predicted molar refractivity (Wildman–Crippen MR) is 112 cm³/mol. The van der Waals surface area contributed by atoms with Gasteiger partial charge in [0.15, 0.2) is 6.61 Å². The van der Waals surface area contributed by atoms with Crippen LogP contribution in [0.25, 0.3) is 0 Å². The van der Waals surface area contributed by atoms with Gasteiger partial charge in [-0.2, -0.15) is 0 Å². The van der Waals surface area contributed by atoms with Crippen molar-refractivity contribution in [3.8, 4) is 0 Å². The molecular formula is C22H18ClNO4S. The van der Waals surface area contributed by atoms with E-state index in [2.05, 4.69) is 0 Å². The Hall–Kier alpha value is -2.96. The summed E-state index contributed by atoms with van der Waals surface area (Å²) in [7, 11) is 1.62. The number of benzene rings is 2. The van der Waals surface area contributed by atoms with Crippen LogP contribution < -0.4 is 0 Å². The first-order valence-corrected chi connectivity index (χ1v) is 10.0. The van der Waals surface area contributed by atoms with Crippen LogP contribution in [0.5, 0.6) is 0 Å². The van der Waals surface area contributed by atoms with Gasteiger partial charge in [-0.25, -0.2) is 4.79 Å². The van der Waals surface area contributed by atoms with Gasteiger partial charge >= 0.3 is 5.97 Å². The number of esters is 1. The highest BCUT2D eigenvalue weighted by molar-refractivity contribution is 7.12. The number of nitrogens with zero attached hydrogens (tertiary/aromatic N) is 1. The fraction of sp³-hybridized carbons (Fsp3) is 0.136. The van der Waals surface area contributed by atoms with Gasteiger partial charge in [-0.05, 0) is 35.2 Å². The van der Waals surface area contributed by atoms with E-state index in [-0.39, 0.29) is 22.8 Å². The van der Waals surface area contributed by atoms with E-state index in [1.807, 2.05) is 6.07 Å². The first-order chi connectivity index (χ1) is 14.0. The van der Waals surface area contributed by atoms with Crippen molar-refractivity contribution in [2.45, 2.75) is 6.54 Å². The molecule has 0 aliphatic heterocycles. The molecule has 0 aliphatic carbocycles. The molecule has 0 spiro atoms. The van der Waals surface area contributed by atoms with Crippen molar-refractivity contribution < 1.29 is 19.1 Å². The number of carbonyl (C=O) groups excluding carboxylic acids is 3. The Morgan fingerprint density at radius 3 is 2.45 bits per heavy atom. The number of carbonyl (C=O) groups is 3. The van der Waals surface area contributed by atoms with Crippen LogP contribution in [0.2, 0.25) is 5.02 Å². The molecule has 0 atom stereocenters. The average Bonchev–Trinajstić information content (AvgIpc) is 3.26. The zero-order chi connectivity index (χ0) is 20.8. The Morgan fingerprint density at radius 1 is 1.00 bits per heavy atom. The van der Waals surface area contributed by atoms with Crippen LogP contribution in [0.1, 0.15) is 31.2 Å². The minimum Gasteiger partial charge on any atom is -0.452 e. The highest BCUT2D eigenvalue weighted by atomic mass is 35.5. The molecule has 29 heavy (non-hydrogen) atoms. The summed E-state index contributed by atoms with van der Waals surface area (Å²) in [5.74, 6) is -1.33. The van der Waals surface area contributed by atoms with Gasteiger partial charge in [0.05, 0.1) is 10.4 Å². The lowest BCUT2D eigenvalue weighted by Gasteiger charge is -2.17. The van der Waals surface area contributed by atoms with Crippen molar-refractivity contribution in [3.05, 3.63) is 92.6 Å². The fourth-order valence-corrected chi connectivity index (χ4v) is 3.60. The number of ether oxygens (including phenoxy) is 1. The van der Waals surface area contributed by atoms with E-state index < -0.39 is 12.6 Å². The molecule has 0 radical (unpaired) electrons. The largest absolute Gasteiger partial charge is 0.452 e. The molecule has 0 bridgehead atoms. The molecule has 0 unspecified atom stereocenters. The van der Waals surface area contributed by atoms with Crippen molar-refractivity contribution in [1.82, 2.24) is 4.90 Å². The number of halogens is 1. The van der Waals surface area contributed by atoms with Gasteiger partial charge < -0.3 is 9.64 Å². The Balaban J connectivity index is 1.63. The van der Waals surface area contributed by atoms with Gasteiger partial charge in [-0.1, -0.05) is 48.0 Å². The molecule has 2 aromatic carbocycles. The molecule has 0 saturated carbocycles. The van der Waals surface area contributed by atoms with Gasteiger partial charge in [-0.15, -0.1) is 11.3 Å². The quantitative estimate of drug-likeness (QED) is 0.413. The van der Waals surface area contributed by atoms with E-state index >= 15 is 0 Å². The van der Waals surface area contributed by atoms with Crippen molar-refractivity contribution in [1.29, 1.82) is 0 Å². The second-order valence-corrected chi connectivity index (χ2v) is 7.69. The minimum absolute atomic E-state index is 0.135. The third kappa shape index (κ3) is 5.31. The summed E-state index contributed by atoms with van der Waals surface area (Å²) in [6.07, 6.45) is 0. The van der Waals surface area contributed by atoms with E-state index in [0.29, 0.717) is 16.4 Å². The highest BCUT2D eigenvalue weighted by Crippen LogP contribution is 2.19. The monoisotopic (exact) mass is 427 g/mol. The lowest BCUT2D eigenvalue weighted by Crippen LogP contribution is -2.31. The van der Waals surface area contributed by atoms with E-state index in [1.54, 1.807) is 61.0 Å². The fourth-order valence-electron chi connectivity index (χ4n) is 2.71. The number of rotatable bonds is 7. The Labute approximate surface area is 177 Å². The predicted octanol–water partition coefficient (Wildman–Crippen LogP) is 4.45. The zero-order valence-electron chi connectivity index (χ0n) is 15.6. The normalized spacial score (nSPS) is 10.4. The van der Waals surface area contributed by atoms with Crippen LogP contribution in [0, 0.1) is 0 Å². The van der Waals surface area contributed by atoms with Crippen molar-refractivity contribution in [3.63, 3.8) is 0 Å². The minimum atomic E-state index is -0.713. The lowest BCUT2D eigenvalue weighted by atomic mass is 10.0. The van der Waals surface area contributed by atoms with Crippen LogP contribution in [0.4, 0.5) is 0 Å². The van der Waals surface area contributed by atoms with Crippen LogP contribution in [0.3, 0.4) is 0 Å². The third-order valence-electron chi connectivity index (χ3n) is 4.20. The molecule has 1 heterocycles. The first kappa shape index (κ1) is 20.8. The van der Waals surface area contributed by atoms with E-state index in [4.69, 9.17) is 16.3 Å². The molecule has 3 rings (SSSR count). The Bertz CT molecular complexity index is 1030. The summed E-state index contributed by atoms with van der Waals surface area (Å²) in [6, 6.07) is 17.1. The topological polar surface area (TPSA) is 63.7 Å². The zero-order valence-corrected chi connectivity index (χ0v) is 17.2. The van der Waals surface area contributed by atoms with Crippen molar-refractivity contribution >= 4 is 40.6 Å². The molecule has 1 amide bonds. The van der Waals surface area contributed by atoms with Gasteiger partial charge in [0.25, 0.3) is 5.91 Å². The van der Waals surface area contributed by atoms with Gasteiger partial charge in [0.2, 0.25) is 5.78 Å². The molecule has 5 nitrogen and oxygen atoms in total. The number of amides is 1. The maximum Gasteiger partial charge on any atom is 0.339 e. The van der Waals surface area contributed by atoms with Gasteiger partial charge in [-0.3, -0.25) is 9.59 Å². The highest BCUT2D eigenvalue weighted by Gasteiger charge is 2.21. The number of thiophene rings is 1. The molecule has 1 aromatic heterocycles. The molecule has 0 aliphatic rings. The maximum atomic E-state index is 12.6. The molecule has 0 saturated heterocycles. The van der Waals surface area contributed by atoms with Crippen LogP contribution in [-0.4, -0.2) is 36.2 Å². The SMILES string of the molecule is CN(Cc1cccc(Cl)c1)C(=O)COC(=O)c1ccccc1C(=O)c1cccs1. The van der Waals surface area contributed by atoms with E-state index in [9.17, 15) is 14.4 Å². The molecular weight excluding hydrogens is 410 g/mol. The summed E-state index contributed by atoms with van der Waals surface area (Å²) in [5, 5.41) is 2.38. The standard InChI is InChI=1S/C22H18ClNO4S/c1-24(13-15-6-4-7-16(23)12-15)20(25)14-28-22(27)18-9-3-2-8-17(18)21(26)19-10-5-11-29-19/h2-12H,13-14H2,1H3. The smallest absolute Gasteiger partial charge is 0.339 e. The number of ketones is 1. The van der Waals surface area contributed by atoms with E-state index in [1.165, 1.54) is 22.3 Å². The van der Waals surface area contributed by atoms with E-state index in [0.717, 1.165) is 5.56 Å². The summed E-state index contributed by atoms with van der Waals surface area (Å²) in [4.78, 5) is 39.4. The number of hydrogen-bond acceptors (Lipinski definition) is 5. The first-order valence-electron chi connectivity index (χ1n) is 8.78. The second kappa shape index (κ2) is 9.49. The lowest BCUT2D eigenvalue weighted by molar-refractivity contribution is -0.133. The van der Waals surface area contributed by atoms with Crippen molar-refractivity contribution in [2.24, 2.45) is 0 Å². The molecule has 7 heteroatoms. The summed E-state index contributed by atoms with van der Waals surface area (Å²) >= 11 is 7.25. The third-order valence-corrected chi connectivity index (χ3v) is 5.30. The van der Waals surface area contributed by atoms with Crippen LogP contribution >= 0.6 is 22.9 Å². The number of hydrogen-bond donors (Lipinski definition) is 0. The van der Waals surface area contributed by atoms with Crippen molar-refractivity contribution in [2.75, 3.05) is 13.7 Å². The number of likely N-dealkylation sites (N-methyl/N-ethyl adjacent to an activating group) is 1. The summed E-state index contributed by atoms with van der Waals surface area (Å²) in [6.45, 7) is -0.0815. The molecule has 0 N–H and O–H groups in total. The summed E-state index contributed by atoms with van der Waals surface area (Å²) in [5.41, 5.74) is 1.25. The van der Waals surface area contributed by atoms with Gasteiger partial charge in [0.1, 0.15) is 0 Å². The molecule has 0 fully saturated rings. The van der Waals surface area contributed by atoms with Gasteiger partial charge in [0, 0.05) is 24.2 Å². The average molecular weight is 428 g/mol. The summed E-state index contributed by atoms with van der Waals surface area (Å²) < 4.78 is 5.18. The second-order valence-electron chi connectivity index (χ2n) is 6.31. The Morgan fingerprint density at radius 2 is 1.76 bits per heavy atom. The maximum absolute atomic E-state index is 12.6. The van der Waals surface area contributed by atoms with Crippen LogP contribution in [0.15, 0.2) is 66.0 Å². The molecule has 3 aromatic rings. The Kier molecular flexibility index (Phi) is 6.80.